The zero-order chi connectivity index (χ0) is 8.72. The van der Waals surface area contributed by atoms with Crippen LogP contribution in [-0.2, 0) is 0 Å². The minimum absolute atomic E-state index is 0.170. The van der Waals surface area contributed by atoms with Crippen molar-refractivity contribution < 1.29 is 4.39 Å². The highest BCUT2D eigenvalue weighted by atomic mass is 79.9. The second kappa shape index (κ2) is 2.67. The van der Waals surface area contributed by atoms with E-state index in [0.29, 0.717) is 14.7 Å². The summed E-state index contributed by atoms with van der Waals surface area (Å²) in [5, 5.41) is 0. The summed E-state index contributed by atoms with van der Waals surface area (Å²) in [4.78, 5) is 13.3. The topological polar surface area (TPSA) is 32.9 Å². The van der Waals surface area contributed by atoms with Gasteiger partial charge in [-0.15, -0.1) is 0 Å². The van der Waals surface area contributed by atoms with Gasteiger partial charge in [-0.3, -0.25) is 4.79 Å². The minimum Gasteiger partial charge on any atom is -0.311 e. The summed E-state index contributed by atoms with van der Waals surface area (Å²) < 4.78 is 14.0. The van der Waals surface area contributed by atoms with Crippen molar-refractivity contribution in [3.63, 3.8) is 0 Å². The molecule has 1 N–H and O–H groups in total. The summed E-state index contributed by atoms with van der Waals surface area (Å²) in [6.45, 7) is 0. The Morgan fingerprint density at radius 3 is 3.00 bits per heavy atom. The molecule has 2 rings (SSSR count). The Bertz CT molecular complexity index is 490. The standard InChI is InChI=1S/C7H3BrFNOS/c8-4-1-3(9)2-5-6(4)10-7(11)12-5/h1-2H,(H,10,11). The normalized spacial score (nSPS) is 10.8. The molecule has 0 radical (unpaired) electrons. The molecule has 5 heteroatoms. The lowest BCUT2D eigenvalue weighted by Gasteiger charge is -1.92. The van der Waals surface area contributed by atoms with Gasteiger partial charge in [0.15, 0.2) is 0 Å². The molecule has 0 saturated heterocycles. The van der Waals surface area contributed by atoms with Crippen molar-refractivity contribution in [2.75, 3.05) is 0 Å². The molecule has 2 nitrogen and oxygen atoms in total. The monoisotopic (exact) mass is 247 g/mol. The smallest absolute Gasteiger partial charge is 0.305 e. The molecule has 0 aliphatic carbocycles. The third-order valence-electron chi connectivity index (χ3n) is 1.45. The molecule has 0 aliphatic rings. The van der Waals surface area contributed by atoms with Crippen LogP contribution in [0, 0.1) is 5.82 Å². The molecule has 1 aromatic carbocycles. The average molecular weight is 248 g/mol. The van der Waals surface area contributed by atoms with Crippen LogP contribution < -0.4 is 4.87 Å². The molecular formula is C7H3BrFNOS. The number of hydrogen-bond acceptors (Lipinski definition) is 2. The minimum atomic E-state index is -0.343. The first-order valence-corrected chi connectivity index (χ1v) is 4.75. The summed E-state index contributed by atoms with van der Waals surface area (Å²) in [7, 11) is 0. The average Bonchev–Trinajstić information content (AvgIpc) is 2.29. The number of rotatable bonds is 0. The van der Waals surface area contributed by atoms with Crippen molar-refractivity contribution in [2.45, 2.75) is 0 Å². The fourth-order valence-electron chi connectivity index (χ4n) is 0.979. The Kier molecular flexibility index (Phi) is 1.77. The number of H-pyrrole nitrogens is 1. The maximum Gasteiger partial charge on any atom is 0.305 e. The third-order valence-corrected chi connectivity index (χ3v) is 2.90. The number of halogens is 2. The Morgan fingerprint density at radius 1 is 1.50 bits per heavy atom. The van der Waals surface area contributed by atoms with E-state index in [-0.39, 0.29) is 10.7 Å². The van der Waals surface area contributed by atoms with Gasteiger partial charge in [-0.05, 0) is 28.1 Å². The number of aromatic amines is 1. The van der Waals surface area contributed by atoms with Gasteiger partial charge in [0.25, 0.3) is 0 Å². The first kappa shape index (κ1) is 7.94. The van der Waals surface area contributed by atoms with Gasteiger partial charge in [-0.2, -0.15) is 0 Å². The molecule has 0 amide bonds. The molecule has 0 unspecified atom stereocenters. The van der Waals surface area contributed by atoms with Crippen LogP contribution in [0.1, 0.15) is 0 Å². The lowest BCUT2D eigenvalue weighted by molar-refractivity contribution is 0.629. The van der Waals surface area contributed by atoms with E-state index in [4.69, 9.17) is 0 Å². The fourth-order valence-corrected chi connectivity index (χ4v) is 2.43. The van der Waals surface area contributed by atoms with E-state index in [2.05, 4.69) is 20.9 Å². The van der Waals surface area contributed by atoms with Crippen molar-refractivity contribution >= 4 is 37.5 Å². The predicted octanol–water partition coefficient (Wildman–Crippen LogP) is 2.49. The highest BCUT2D eigenvalue weighted by Gasteiger charge is 2.04. The molecule has 0 atom stereocenters. The zero-order valence-electron chi connectivity index (χ0n) is 5.73. The van der Waals surface area contributed by atoms with E-state index in [1.165, 1.54) is 12.1 Å². The third kappa shape index (κ3) is 1.19. The van der Waals surface area contributed by atoms with Gasteiger partial charge in [0.2, 0.25) is 0 Å². The molecule has 0 spiro atoms. The van der Waals surface area contributed by atoms with Crippen molar-refractivity contribution in [3.8, 4) is 0 Å². The van der Waals surface area contributed by atoms with Gasteiger partial charge in [0, 0.05) is 4.47 Å². The van der Waals surface area contributed by atoms with E-state index >= 15 is 0 Å². The summed E-state index contributed by atoms with van der Waals surface area (Å²) in [5.74, 6) is -0.343. The molecule has 1 aromatic heterocycles. The number of fused-ring (bicyclic) bond motifs is 1. The Hall–Kier alpha value is -0.680. The van der Waals surface area contributed by atoms with Gasteiger partial charge < -0.3 is 4.98 Å². The number of benzene rings is 1. The molecule has 0 saturated carbocycles. The number of nitrogens with one attached hydrogen (secondary N) is 1. The van der Waals surface area contributed by atoms with Crippen LogP contribution in [0.2, 0.25) is 0 Å². The van der Waals surface area contributed by atoms with E-state index < -0.39 is 0 Å². The second-order valence-corrected chi connectivity index (χ2v) is 4.14. The van der Waals surface area contributed by atoms with Gasteiger partial charge in [0.05, 0.1) is 10.2 Å². The van der Waals surface area contributed by atoms with Crippen LogP contribution in [-0.4, -0.2) is 4.98 Å². The highest BCUT2D eigenvalue weighted by Crippen LogP contribution is 2.24. The first-order chi connectivity index (χ1) is 5.66. The van der Waals surface area contributed by atoms with E-state index in [9.17, 15) is 9.18 Å². The van der Waals surface area contributed by atoms with Crippen molar-refractivity contribution in [1.29, 1.82) is 0 Å². The van der Waals surface area contributed by atoms with Crippen molar-refractivity contribution in [1.82, 2.24) is 4.98 Å². The quantitative estimate of drug-likeness (QED) is 0.763. The van der Waals surface area contributed by atoms with Crippen LogP contribution in [0.5, 0.6) is 0 Å². The largest absolute Gasteiger partial charge is 0.311 e. The SMILES string of the molecule is O=c1[nH]c2c(Br)cc(F)cc2s1. The predicted molar refractivity (Wildman–Crippen MR) is 50.1 cm³/mol. The number of thiazole rings is 1. The van der Waals surface area contributed by atoms with Crippen molar-refractivity contribution in [3.05, 3.63) is 32.1 Å². The van der Waals surface area contributed by atoms with Crippen LogP contribution in [0.15, 0.2) is 21.4 Å². The number of aromatic nitrogens is 1. The fraction of sp³-hybridized carbons (Fsp3) is 0. The Labute approximate surface area is 79.2 Å². The van der Waals surface area contributed by atoms with Gasteiger partial charge in [0.1, 0.15) is 5.82 Å². The molecule has 12 heavy (non-hydrogen) atoms. The molecule has 2 aromatic rings. The lowest BCUT2D eigenvalue weighted by Crippen LogP contribution is -1.89. The van der Waals surface area contributed by atoms with Gasteiger partial charge in [-0.25, -0.2) is 4.39 Å². The van der Waals surface area contributed by atoms with E-state index in [1.54, 1.807) is 0 Å². The number of hydrogen-bond donors (Lipinski definition) is 1. The second-order valence-electron chi connectivity index (χ2n) is 2.28. The van der Waals surface area contributed by atoms with Crippen LogP contribution >= 0.6 is 27.3 Å². The van der Waals surface area contributed by atoms with Crippen molar-refractivity contribution in [2.24, 2.45) is 0 Å². The van der Waals surface area contributed by atoms with E-state index in [1.807, 2.05) is 0 Å². The van der Waals surface area contributed by atoms with Gasteiger partial charge >= 0.3 is 4.87 Å². The van der Waals surface area contributed by atoms with Crippen LogP contribution in [0.4, 0.5) is 4.39 Å². The molecular weight excluding hydrogens is 245 g/mol. The van der Waals surface area contributed by atoms with Gasteiger partial charge in [-0.1, -0.05) is 11.3 Å². The summed E-state index contributed by atoms with van der Waals surface area (Å²) in [5.41, 5.74) is 0.659. The van der Waals surface area contributed by atoms with E-state index in [0.717, 1.165) is 11.3 Å². The Balaban J connectivity index is 2.97. The maximum atomic E-state index is 12.8. The molecule has 0 fully saturated rings. The van der Waals surface area contributed by atoms with Crippen LogP contribution in [0.3, 0.4) is 0 Å². The maximum absolute atomic E-state index is 12.8. The zero-order valence-corrected chi connectivity index (χ0v) is 8.13. The molecule has 1 heterocycles. The summed E-state index contributed by atoms with van der Waals surface area (Å²) in [6.07, 6.45) is 0. The molecule has 0 aliphatic heterocycles. The molecule has 0 bridgehead atoms. The lowest BCUT2D eigenvalue weighted by atomic mass is 10.3. The first-order valence-electron chi connectivity index (χ1n) is 3.15. The summed E-state index contributed by atoms with van der Waals surface area (Å²) >= 11 is 4.16. The Morgan fingerprint density at radius 2 is 2.25 bits per heavy atom. The highest BCUT2D eigenvalue weighted by molar-refractivity contribution is 9.10. The molecule has 62 valence electrons. The summed E-state index contributed by atoms with van der Waals surface area (Å²) in [6, 6.07) is 2.66. The van der Waals surface area contributed by atoms with Crippen LogP contribution in [0.25, 0.3) is 10.2 Å².